The minimum absolute atomic E-state index is 1.35. The van der Waals surface area contributed by atoms with Crippen LogP contribution in [0.4, 0.5) is 0 Å². The molecule has 0 radical (unpaired) electrons. The summed E-state index contributed by atoms with van der Waals surface area (Å²) in [4.78, 5) is 15.8. The Bertz CT molecular complexity index is 459. The van der Waals surface area contributed by atoms with Crippen molar-refractivity contribution in [3.63, 3.8) is 0 Å². The van der Waals surface area contributed by atoms with Crippen LogP contribution in [0.25, 0.3) is 0 Å². The number of rotatable bonds is 12. The van der Waals surface area contributed by atoms with Crippen LogP contribution in [0.5, 0.6) is 0 Å². The summed E-state index contributed by atoms with van der Waals surface area (Å²) in [5.74, 6) is 0. The van der Waals surface area contributed by atoms with E-state index in [0.29, 0.717) is 0 Å². The van der Waals surface area contributed by atoms with Crippen molar-refractivity contribution >= 4 is 53.9 Å². The molecule has 0 amide bonds. The summed E-state index contributed by atoms with van der Waals surface area (Å²) in [7, 11) is 0. The van der Waals surface area contributed by atoms with Crippen LogP contribution in [-0.2, 0) is 12.8 Å². The van der Waals surface area contributed by atoms with Crippen molar-refractivity contribution < 1.29 is 0 Å². The first-order chi connectivity index (χ1) is 11.6. The molecule has 0 aliphatic heterocycles. The molecule has 1 aromatic heterocycles. The Labute approximate surface area is 171 Å². The summed E-state index contributed by atoms with van der Waals surface area (Å²) in [6, 6.07) is 0. The van der Waals surface area contributed by atoms with Gasteiger partial charge in [-0.15, -0.1) is 0 Å². The third-order valence-electron chi connectivity index (χ3n) is 5.04. The van der Waals surface area contributed by atoms with Gasteiger partial charge in [0.05, 0.1) is 0 Å². The van der Waals surface area contributed by atoms with Crippen molar-refractivity contribution in [1.82, 2.24) is 0 Å². The van der Waals surface area contributed by atoms with Gasteiger partial charge in [0.25, 0.3) is 0 Å². The maximum atomic E-state index is 2.64. The van der Waals surface area contributed by atoms with Crippen LogP contribution < -0.4 is 5.79 Å². The van der Waals surface area contributed by atoms with Crippen LogP contribution >= 0.6 is 11.3 Å². The first-order valence-corrected chi connectivity index (χ1v) is 31.6. The van der Waals surface area contributed by atoms with Crippen LogP contribution in [0.2, 0.25) is 29.6 Å². The number of hydrogen-bond acceptors (Lipinski definition) is 1. The third kappa shape index (κ3) is 8.05. The predicted molar refractivity (Wildman–Crippen MR) is 126 cm³/mol. The molecular weight excluding hydrogens is 534 g/mol. The quantitative estimate of drug-likeness (QED) is 0.184. The molecule has 0 fully saturated rings. The third-order valence-corrected chi connectivity index (χ3v) is 25.4. The molecule has 1 rings (SSSR count). The molecule has 0 aliphatic rings. The van der Waals surface area contributed by atoms with Crippen molar-refractivity contribution in [1.29, 1.82) is 0 Å². The summed E-state index contributed by atoms with van der Waals surface area (Å²) >= 11 is -1.74. The zero-order chi connectivity index (χ0) is 19.1. The Morgan fingerprint density at radius 3 is 1.20 bits per heavy atom. The fraction of sp³-hybridized carbons (Fsp3) is 0.818. The van der Waals surface area contributed by atoms with Gasteiger partial charge in [0, 0.05) is 0 Å². The Balaban J connectivity index is 3.17. The summed E-state index contributed by atoms with van der Waals surface area (Å²) in [6.07, 6.45) is 14.0. The van der Waals surface area contributed by atoms with Crippen LogP contribution in [0.15, 0.2) is 0 Å². The molecule has 0 saturated carbocycles. The average Bonchev–Trinajstić information content (AvgIpc) is 2.87. The van der Waals surface area contributed by atoms with Crippen LogP contribution in [0, 0.1) is 0 Å². The first kappa shape index (κ1) is 24.3. The van der Waals surface area contributed by atoms with Gasteiger partial charge >= 0.3 is 173 Å². The van der Waals surface area contributed by atoms with E-state index in [1.165, 1.54) is 64.2 Å². The van der Waals surface area contributed by atoms with Gasteiger partial charge in [-0.1, -0.05) is 0 Å². The van der Waals surface area contributed by atoms with E-state index in [-0.39, 0.29) is 0 Å². The normalized spacial score (nSPS) is 12.8. The Morgan fingerprint density at radius 2 is 0.920 bits per heavy atom. The topological polar surface area (TPSA) is 0 Å². The van der Waals surface area contributed by atoms with E-state index in [9.17, 15) is 0 Å². The summed E-state index contributed by atoms with van der Waals surface area (Å²) < 4.78 is 3.86. The first-order valence-electron chi connectivity index (χ1n) is 10.8. The summed E-state index contributed by atoms with van der Waals surface area (Å²) in [6.45, 7) is 4.65. The monoisotopic (exact) mass is 580 g/mol. The van der Waals surface area contributed by atoms with Gasteiger partial charge in [0.1, 0.15) is 0 Å². The molecule has 146 valence electrons. The summed E-state index contributed by atoms with van der Waals surface area (Å²) in [5, 5.41) is 0. The van der Waals surface area contributed by atoms with E-state index in [0.717, 1.165) is 0 Å². The Kier molecular flexibility index (Phi) is 11.0. The van der Waals surface area contributed by atoms with E-state index in [2.05, 4.69) is 54.8 Å². The molecular formula is C22H44SSn2. The number of unbranched alkanes of at least 4 members (excludes halogenated alkanes) is 6. The van der Waals surface area contributed by atoms with Gasteiger partial charge in [0.2, 0.25) is 0 Å². The molecule has 1 aromatic rings. The molecule has 0 N–H and O–H groups in total. The molecule has 0 atom stereocenters. The van der Waals surface area contributed by atoms with E-state index >= 15 is 0 Å². The van der Waals surface area contributed by atoms with Crippen molar-refractivity contribution in [3.8, 4) is 0 Å². The average molecular weight is 578 g/mol. The second-order valence-corrected chi connectivity index (χ2v) is 41.5. The van der Waals surface area contributed by atoms with Gasteiger partial charge in [-0.25, -0.2) is 0 Å². The van der Waals surface area contributed by atoms with Crippen LogP contribution in [-0.4, -0.2) is 36.8 Å². The molecule has 0 nitrogen and oxygen atoms in total. The Morgan fingerprint density at radius 1 is 0.560 bits per heavy atom. The SMILES string of the molecule is CCCCCCc1[c]([Sn]([CH3])([CH3])[CH3])s[c]([Sn]([CH3])([CH3])[CH3])c1CCCCCC. The standard InChI is InChI=1S/C16H26S.6CH3.2Sn/c1-3-5-7-9-11-15-13-17-14-16(15)12-10-8-6-4-2;;;;;;;;/h3-12H2,1-2H3;6*1H3;;. The maximum absolute atomic E-state index is 2.64. The predicted octanol–water partition coefficient (Wildman–Crippen LogP) is 7.08. The number of thiophene rings is 1. The zero-order valence-corrected chi connectivity index (χ0v) is 25.0. The van der Waals surface area contributed by atoms with Crippen LogP contribution in [0.3, 0.4) is 0 Å². The fourth-order valence-electron chi connectivity index (χ4n) is 3.70. The second-order valence-electron chi connectivity index (χ2n) is 9.84. The van der Waals surface area contributed by atoms with Gasteiger partial charge < -0.3 is 0 Å². The van der Waals surface area contributed by atoms with Gasteiger partial charge in [0.15, 0.2) is 0 Å². The second kappa shape index (κ2) is 11.3. The van der Waals surface area contributed by atoms with E-state index in [4.69, 9.17) is 0 Å². The minimum atomic E-state index is -2.03. The molecule has 0 aromatic carbocycles. The molecule has 1 heterocycles. The summed E-state index contributed by atoms with van der Waals surface area (Å²) in [5.41, 5.74) is 3.75. The van der Waals surface area contributed by atoms with Crippen molar-refractivity contribution in [2.45, 2.75) is 108 Å². The zero-order valence-electron chi connectivity index (χ0n) is 18.5. The van der Waals surface area contributed by atoms with E-state index in [1.807, 2.05) is 16.9 Å². The molecule has 25 heavy (non-hydrogen) atoms. The molecule has 0 aliphatic carbocycles. The van der Waals surface area contributed by atoms with Crippen molar-refractivity contribution in [2.24, 2.45) is 0 Å². The number of hydrogen-bond donors (Lipinski definition) is 0. The molecule has 0 bridgehead atoms. The Hall–Kier alpha value is 1.30. The fourth-order valence-corrected chi connectivity index (χ4v) is 21.4. The van der Waals surface area contributed by atoms with Gasteiger partial charge in [-0.05, 0) is 0 Å². The molecule has 0 spiro atoms. The molecule has 0 unspecified atom stereocenters. The van der Waals surface area contributed by atoms with E-state index in [1.54, 1.807) is 0 Å². The molecule has 3 heteroatoms. The van der Waals surface area contributed by atoms with Crippen molar-refractivity contribution in [3.05, 3.63) is 11.1 Å². The van der Waals surface area contributed by atoms with Crippen LogP contribution in [0.1, 0.15) is 76.3 Å². The van der Waals surface area contributed by atoms with Gasteiger partial charge in [-0.3, -0.25) is 0 Å². The van der Waals surface area contributed by atoms with E-state index < -0.39 is 36.8 Å². The molecule has 0 saturated heterocycles. The van der Waals surface area contributed by atoms with Gasteiger partial charge in [-0.2, -0.15) is 0 Å². The van der Waals surface area contributed by atoms with Crippen molar-refractivity contribution in [2.75, 3.05) is 0 Å².